The lowest BCUT2D eigenvalue weighted by Gasteiger charge is -2.18. The Morgan fingerprint density at radius 3 is 2.75 bits per heavy atom. The van der Waals surface area contributed by atoms with Crippen molar-refractivity contribution in [2.75, 3.05) is 5.32 Å². The monoisotopic (exact) mass is 270 g/mol. The molecule has 0 bridgehead atoms. The quantitative estimate of drug-likeness (QED) is 0.931. The van der Waals surface area contributed by atoms with Crippen molar-refractivity contribution in [1.29, 1.82) is 0 Å². The highest BCUT2D eigenvalue weighted by atomic mass is 16.3. The summed E-state index contributed by atoms with van der Waals surface area (Å²) in [5, 5.41) is 2.87. The van der Waals surface area contributed by atoms with Gasteiger partial charge in [-0.2, -0.15) is 0 Å². The van der Waals surface area contributed by atoms with Crippen LogP contribution in [-0.2, 0) is 13.1 Å². The van der Waals surface area contributed by atoms with Crippen molar-refractivity contribution >= 4 is 11.6 Å². The summed E-state index contributed by atoms with van der Waals surface area (Å²) in [5.74, 6) is 0.114. The van der Waals surface area contributed by atoms with Crippen molar-refractivity contribution < 1.29 is 9.21 Å². The number of amides is 1. The first-order valence-electron chi connectivity index (χ1n) is 6.84. The standard InChI is InChI=1S/C16H18N2O2/c1-11(2)18-9-12-5-6-14(8-13(12)10-18)17-16(19)15-4-3-7-20-15/h3-8,11H,9-10H2,1-2H3,(H,17,19). The zero-order valence-electron chi connectivity index (χ0n) is 11.7. The number of benzene rings is 1. The molecule has 20 heavy (non-hydrogen) atoms. The molecular formula is C16H18N2O2. The fourth-order valence-electron chi connectivity index (χ4n) is 2.46. The van der Waals surface area contributed by atoms with Crippen LogP contribution in [0.3, 0.4) is 0 Å². The van der Waals surface area contributed by atoms with E-state index in [9.17, 15) is 4.79 Å². The number of nitrogens with zero attached hydrogens (tertiary/aromatic N) is 1. The Bertz CT molecular complexity index is 617. The van der Waals surface area contributed by atoms with E-state index in [1.165, 1.54) is 17.4 Å². The Labute approximate surface area is 118 Å². The van der Waals surface area contributed by atoms with Crippen LogP contribution in [0.15, 0.2) is 41.0 Å². The zero-order chi connectivity index (χ0) is 14.1. The highest BCUT2D eigenvalue weighted by molar-refractivity contribution is 6.02. The minimum atomic E-state index is -0.214. The Balaban J connectivity index is 1.75. The molecule has 2 aromatic rings. The van der Waals surface area contributed by atoms with Gasteiger partial charge in [0.15, 0.2) is 5.76 Å². The van der Waals surface area contributed by atoms with Gasteiger partial charge in [0.1, 0.15) is 0 Å². The number of hydrogen-bond acceptors (Lipinski definition) is 3. The topological polar surface area (TPSA) is 45.5 Å². The van der Waals surface area contributed by atoms with Crippen LogP contribution in [0.4, 0.5) is 5.69 Å². The van der Waals surface area contributed by atoms with Gasteiger partial charge in [-0.05, 0) is 49.2 Å². The summed E-state index contributed by atoms with van der Waals surface area (Å²) >= 11 is 0. The molecule has 1 aromatic heterocycles. The van der Waals surface area contributed by atoms with Gasteiger partial charge in [-0.3, -0.25) is 9.69 Å². The van der Waals surface area contributed by atoms with Gasteiger partial charge >= 0.3 is 0 Å². The van der Waals surface area contributed by atoms with E-state index < -0.39 is 0 Å². The molecule has 3 rings (SSSR count). The summed E-state index contributed by atoms with van der Waals surface area (Å²) in [5.41, 5.74) is 3.45. The first-order chi connectivity index (χ1) is 9.63. The van der Waals surface area contributed by atoms with Crippen LogP contribution in [-0.4, -0.2) is 16.8 Å². The van der Waals surface area contributed by atoms with Gasteiger partial charge in [0.05, 0.1) is 6.26 Å². The lowest BCUT2D eigenvalue weighted by Crippen LogP contribution is -2.24. The molecule has 1 aliphatic heterocycles. The summed E-state index contributed by atoms with van der Waals surface area (Å²) in [6.07, 6.45) is 1.50. The Morgan fingerprint density at radius 1 is 1.25 bits per heavy atom. The molecule has 4 heteroatoms. The summed E-state index contributed by atoms with van der Waals surface area (Å²) < 4.78 is 5.09. The Kier molecular flexibility index (Phi) is 3.32. The van der Waals surface area contributed by atoms with E-state index in [-0.39, 0.29) is 5.91 Å². The first-order valence-corrected chi connectivity index (χ1v) is 6.84. The van der Waals surface area contributed by atoms with Crippen LogP contribution in [0.5, 0.6) is 0 Å². The molecular weight excluding hydrogens is 252 g/mol. The molecule has 1 aliphatic rings. The van der Waals surface area contributed by atoms with E-state index in [1.54, 1.807) is 12.1 Å². The lowest BCUT2D eigenvalue weighted by molar-refractivity contribution is 0.0996. The second kappa shape index (κ2) is 5.13. The molecule has 0 radical (unpaired) electrons. The van der Waals surface area contributed by atoms with Gasteiger partial charge in [0, 0.05) is 24.8 Å². The number of anilines is 1. The predicted molar refractivity (Wildman–Crippen MR) is 77.5 cm³/mol. The maximum absolute atomic E-state index is 11.9. The highest BCUT2D eigenvalue weighted by Gasteiger charge is 2.21. The van der Waals surface area contributed by atoms with Crippen LogP contribution in [0.25, 0.3) is 0 Å². The van der Waals surface area contributed by atoms with E-state index in [0.29, 0.717) is 11.8 Å². The van der Waals surface area contributed by atoms with E-state index in [1.807, 2.05) is 6.07 Å². The minimum absolute atomic E-state index is 0.214. The summed E-state index contributed by atoms with van der Waals surface area (Å²) in [7, 11) is 0. The molecule has 4 nitrogen and oxygen atoms in total. The van der Waals surface area contributed by atoms with E-state index in [2.05, 4.69) is 36.2 Å². The van der Waals surface area contributed by atoms with Crippen LogP contribution in [0, 0.1) is 0 Å². The third-order valence-electron chi connectivity index (χ3n) is 3.69. The highest BCUT2D eigenvalue weighted by Crippen LogP contribution is 2.27. The molecule has 0 saturated heterocycles. The molecule has 0 unspecified atom stereocenters. The van der Waals surface area contributed by atoms with Crippen molar-refractivity contribution in [2.24, 2.45) is 0 Å². The van der Waals surface area contributed by atoms with Gasteiger partial charge in [-0.1, -0.05) is 6.07 Å². The molecule has 2 heterocycles. The fourth-order valence-corrected chi connectivity index (χ4v) is 2.46. The van der Waals surface area contributed by atoms with Crippen LogP contribution in [0.2, 0.25) is 0 Å². The molecule has 0 fully saturated rings. The van der Waals surface area contributed by atoms with Crippen LogP contribution >= 0.6 is 0 Å². The third kappa shape index (κ3) is 2.47. The predicted octanol–water partition coefficient (Wildman–Crippen LogP) is 3.26. The van der Waals surface area contributed by atoms with Crippen molar-refractivity contribution in [3.63, 3.8) is 0 Å². The smallest absolute Gasteiger partial charge is 0.291 e. The molecule has 1 N–H and O–H groups in total. The lowest BCUT2D eigenvalue weighted by atomic mass is 10.1. The second-order valence-electron chi connectivity index (χ2n) is 5.41. The number of carbonyl (C=O) groups is 1. The van der Waals surface area contributed by atoms with Crippen LogP contribution in [0.1, 0.15) is 35.5 Å². The molecule has 104 valence electrons. The van der Waals surface area contributed by atoms with Crippen molar-refractivity contribution in [3.8, 4) is 0 Å². The number of rotatable bonds is 3. The molecule has 1 aromatic carbocycles. The maximum Gasteiger partial charge on any atom is 0.291 e. The Hall–Kier alpha value is -2.07. The van der Waals surface area contributed by atoms with Gasteiger partial charge in [0.25, 0.3) is 5.91 Å². The summed E-state index contributed by atoms with van der Waals surface area (Å²) in [6.45, 7) is 6.33. The minimum Gasteiger partial charge on any atom is -0.459 e. The first kappa shape index (κ1) is 12.9. The maximum atomic E-state index is 11.9. The summed E-state index contributed by atoms with van der Waals surface area (Å²) in [6, 6.07) is 9.99. The van der Waals surface area contributed by atoms with E-state index >= 15 is 0 Å². The average Bonchev–Trinajstić information content (AvgIpc) is 3.07. The van der Waals surface area contributed by atoms with Crippen molar-refractivity contribution in [2.45, 2.75) is 33.0 Å². The molecule has 1 amide bonds. The summed E-state index contributed by atoms with van der Waals surface area (Å²) in [4.78, 5) is 14.3. The number of furan rings is 1. The van der Waals surface area contributed by atoms with Gasteiger partial charge in [-0.15, -0.1) is 0 Å². The number of hydrogen-bond donors (Lipinski definition) is 1. The molecule has 0 spiro atoms. The number of fused-ring (bicyclic) bond motifs is 1. The largest absolute Gasteiger partial charge is 0.459 e. The van der Waals surface area contributed by atoms with Crippen molar-refractivity contribution in [3.05, 3.63) is 53.5 Å². The zero-order valence-corrected chi connectivity index (χ0v) is 11.7. The van der Waals surface area contributed by atoms with Gasteiger partial charge in [-0.25, -0.2) is 0 Å². The SMILES string of the molecule is CC(C)N1Cc2ccc(NC(=O)c3ccco3)cc2C1. The normalized spacial score (nSPS) is 14.6. The van der Waals surface area contributed by atoms with Crippen LogP contribution < -0.4 is 5.32 Å². The van der Waals surface area contributed by atoms with E-state index in [4.69, 9.17) is 4.42 Å². The number of nitrogens with one attached hydrogen (secondary N) is 1. The molecule has 0 atom stereocenters. The third-order valence-corrected chi connectivity index (χ3v) is 3.69. The van der Waals surface area contributed by atoms with Crippen molar-refractivity contribution in [1.82, 2.24) is 4.90 Å². The van der Waals surface area contributed by atoms with Gasteiger partial charge in [0.2, 0.25) is 0 Å². The second-order valence-corrected chi connectivity index (χ2v) is 5.41. The Morgan fingerprint density at radius 2 is 2.05 bits per heavy atom. The molecule has 0 aliphatic carbocycles. The fraction of sp³-hybridized carbons (Fsp3) is 0.312. The van der Waals surface area contributed by atoms with E-state index in [0.717, 1.165) is 18.8 Å². The average molecular weight is 270 g/mol. The molecule has 0 saturated carbocycles. The number of carbonyl (C=O) groups excluding carboxylic acids is 1. The van der Waals surface area contributed by atoms with Gasteiger partial charge < -0.3 is 9.73 Å².